The van der Waals surface area contributed by atoms with E-state index in [9.17, 15) is 14.9 Å². The number of non-ortho nitro benzene ring substituents is 1. The normalized spacial score (nSPS) is 21.4. The molecular formula is C20H30N4O3. The number of carbonyl (C=O) groups excluding carboxylic acids is 1. The Morgan fingerprint density at radius 1 is 1.26 bits per heavy atom. The highest BCUT2D eigenvalue weighted by molar-refractivity contribution is 6.00. The predicted molar refractivity (Wildman–Crippen MR) is 106 cm³/mol. The number of nitrogens with one attached hydrogen (secondary N) is 1. The van der Waals surface area contributed by atoms with Gasteiger partial charge in [0.15, 0.2) is 0 Å². The van der Waals surface area contributed by atoms with Gasteiger partial charge in [-0.1, -0.05) is 13.8 Å². The number of likely N-dealkylation sites (N-methyl/N-ethyl adjacent to an activating group) is 1. The number of nitro benzene ring substituents is 1. The molecular weight excluding hydrogens is 344 g/mol. The Hall–Kier alpha value is -2.15. The molecule has 1 amide bonds. The molecule has 0 saturated carbocycles. The van der Waals surface area contributed by atoms with Crippen LogP contribution in [0.3, 0.4) is 0 Å². The number of anilines is 1. The third-order valence-corrected chi connectivity index (χ3v) is 5.96. The third-order valence-electron chi connectivity index (χ3n) is 5.96. The standard InChI is InChI=1S/C20H30N4O3/c1-3-22-10-4-5-17(22)14-21-20(25)18-13-16(24(26)27)6-7-19(18)23-11-8-15(2)9-12-23/h6-7,13,15,17H,3-5,8-12,14H2,1-2H3,(H,21,25). The van der Waals surface area contributed by atoms with E-state index in [2.05, 4.69) is 29.0 Å². The molecule has 7 heteroatoms. The molecule has 0 aliphatic carbocycles. The maximum atomic E-state index is 12.9. The van der Waals surface area contributed by atoms with Crippen LogP contribution in [0.25, 0.3) is 0 Å². The number of rotatable bonds is 6. The summed E-state index contributed by atoms with van der Waals surface area (Å²) in [6.07, 6.45) is 4.39. The van der Waals surface area contributed by atoms with Gasteiger partial charge in [-0.2, -0.15) is 0 Å². The van der Waals surface area contributed by atoms with E-state index in [1.54, 1.807) is 6.07 Å². The first kappa shape index (κ1) is 19.6. The maximum absolute atomic E-state index is 12.9. The first-order chi connectivity index (χ1) is 13.0. The van der Waals surface area contributed by atoms with Gasteiger partial charge in [0, 0.05) is 37.8 Å². The number of benzene rings is 1. The maximum Gasteiger partial charge on any atom is 0.270 e. The summed E-state index contributed by atoms with van der Waals surface area (Å²) in [7, 11) is 0. The van der Waals surface area contributed by atoms with Crippen LogP contribution < -0.4 is 10.2 Å². The van der Waals surface area contributed by atoms with Crippen LogP contribution in [0.15, 0.2) is 18.2 Å². The number of likely N-dealkylation sites (tertiary alicyclic amines) is 1. The lowest BCUT2D eigenvalue weighted by atomic mass is 9.98. The lowest BCUT2D eigenvalue weighted by molar-refractivity contribution is -0.384. The van der Waals surface area contributed by atoms with E-state index in [-0.39, 0.29) is 11.6 Å². The highest BCUT2D eigenvalue weighted by Gasteiger charge is 2.26. The van der Waals surface area contributed by atoms with E-state index in [0.717, 1.165) is 57.5 Å². The molecule has 0 spiro atoms. The van der Waals surface area contributed by atoms with E-state index >= 15 is 0 Å². The van der Waals surface area contributed by atoms with Gasteiger partial charge in [0.1, 0.15) is 0 Å². The van der Waals surface area contributed by atoms with Crippen molar-refractivity contribution in [1.29, 1.82) is 0 Å². The largest absolute Gasteiger partial charge is 0.371 e. The second kappa shape index (κ2) is 8.69. The summed E-state index contributed by atoms with van der Waals surface area (Å²) < 4.78 is 0. The van der Waals surface area contributed by atoms with Gasteiger partial charge in [0.25, 0.3) is 11.6 Å². The van der Waals surface area contributed by atoms with E-state index in [4.69, 9.17) is 0 Å². The van der Waals surface area contributed by atoms with Gasteiger partial charge in [0.2, 0.25) is 0 Å². The number of amides is 1. The molecule has 1 aromatic carbocycles. The molecule has 1 N–H and O–H groups in total. The average molecular weight is 374 g/mol. The van der Waals surface area contributed by atoms with Crippen molar-refractivity contribution in [2.45, 2.75) is 45.6 Å². The number of hydrogen-bond acceptors (Lipinski definition) is 5. The zero-order valence-electron chi connectivity index (χ0n) is 16.3. The minimum atomic E-state index is -0.436. The monoisotopic (exact) mass is 374 g/mol. The number of piperidine rings is 1. The van der Waals surface area contributed by atoms with Crippen molar-refractivity contribution in [3.05, 3.63) is 33.9 Å². The van der Waals surface area contributed by atoms with Crippen molar-refractivity contribution in [3.8, 4) is 0 Å². The molecule has 2 heterocycles. The molecule has 1 aromatic rings. The summed E-state index contributed by atoms with van der Waals surface area (Å²) in [5.74, 6) is 0.467. The van der Waals surface area contributed by atoms with Crippen LogP contribution in [0.5, 0.6) is 0 Å². The van der Waals surface area contributed by atoms with Gasteiger partial charge < -0.3 is 10.2 Å². The highest BCUT2D eigenvalue weighted by Crippen LogP contribution is 2.29. The lowest BCUT2D eigenvalue weighted by Crippen LogP contribution is -2.41. The molecule has 2 saturated heterocycles. The van der Waals surface area contributed by atoms with Gasteiger partial charge in [-0.05, 0) is 50.8 Å². The zero-order valence-corrected chi connectivity index (χ0v) is 16.3. The Morgan fingerprint density at radius 2 is 2.00 bits per heavy atom. The number of nitro groups is 1. The molecule has 1 unspecified atom stereocenters. The van der Waals surface area contributed by atoms with Crippen molar-refractivity contribution in [2.24, 2.45) is 5.92 Å². The second-order valence-corrected chi connectivity index (χ2v) is 7.76. The van der Waals surface area contributed by atoms with Crippen molar-refractivity contribution in [3.63, 3.8) is 0 Å². The molecule has 3 rings (SSSR count). The van der Waals surface area contributed by atoms with Gasteiger partial charge in [-0.3, -0.25) is 19.8 Å². The first-order valence-electron chi connectivity index (χ1n) is 10.0. The Balaban J connectivity index is 1.77. The van der Waals surface area contributed by atoms with Gasteiger partial charge >= 0.3 is 0 Å². The van der Waals surface area contributed by atoms with Gasteiger partial charge in [-0.15, -0.1) is 0 Å². The molecule has 148 valence electrons. The van der Waals surface area contributed by atoms with Crippen molar-refractivity contribution in [2.75, 3.05) is 37.6 Å². The minimum absolute atomic E-state index is 0.0367. The fourth-order valence-corrected chi connectivity index (χ4v) is 4.19. The Kier molecular flexibility index (Phi) is 6.31. The van der Waals surface area contributed by atoms with Crippen molar-refractivity contribution >= 4 is 17.3 Å². The summed E-state index contributed by atoms with van der Waals surface area (Å²) in [6.45, 7) is 8.78. The summed E-state index contributed by atoms with van der Waals surface area (Å²) in [6, 6.07) is 5.02. The SMILES string of the molecule is CCN1CCCC1CNC(=O)c1cc([N+](=O)[O-])ccc1N1CCC(C)CC1. The topological polar surface area (TPSA) is 78.7 Å². The van der Waals surface area contributed by atoms with E-state index < -0.39 is 4.92 Å². The average Bonchev–Trinajstić information content (AvgIpc) is 3.14. The molecule has 7 nitrogen and oxygen atoms in total. The smallest absolute Gasteiger partial charge is 0.270 e. The number of hydrogen-bond donors (Lipinski definition) is 1. The van der Waals surface area contributed by atoms with Gasteiger partial charge in [-0.25, -0.2) is 0 Å². The lowest BCUT2D eigenvalue weighted by Gasteiger charge is -2.33. The van der Waals surface area contributed by atoms with Crippen LogP contribution in [0, 0.1) is 16.0 Å². The second-order valence-electron chi connectivity index (χ2n) is 7.76. The van der Waals surface area contributed by atoms with Crippen LogP contribution >= 0.6 is 0 Å². The van der Waals surface area contributed by atoms with Crippen LogP contribution in [-0.2, 0) is 0 Å². The van der Waals surface area contributed by atoms with Crippen LogP contribution in [0.2, 0.25) is 0 Å². The fourth-order valence-electron chi connectivity index (χ4n) is 4.19. The number of nitrogens with zero attached hydrogens (tertiary/aromatic N) is 3. The summed E-state index contributed by atoms with van der Waals surface area (Å²) in [5.41, 5.74) is 1.19. The minimum Gasteiger partial charge on any atom is -0.371 e. The molecule has 0 bridgehead atoms. The van der Waals surface area contributed by atoms with E-state index in [1.807, 2.05) is 0 Å². The van der Waals surface area contributed by atoms with Crippen molar-refractivity contribution < 1.29 is 9.72 Å². The molecule has 2 aliphatic heterocycles. The van der Waals surface area contributed by atoms with E-state index in [0.29, 0.717) is 24.1 Å². The highest BCUT2D eigenvalue weighted by atomic mass is 16.6. The summed E-state index contributed by atoms with van der Waals surface area (Å²) >= 11 is 0. The number of carbonyl (C=O) groups is 1. The van der Waals surface area contributed by atoms with Crippen LogP contribution in [0.1, 0.15) is 49.9 Å². The molecule has 0 radical (unpaired) electrons. The Morgan fingerprint density at radius 3 is 2.67 bits per heavy atom. The molecule has 1 atom stereocenters. The summed E-state index contributed by atoms with van der Waals surface area (Å²) in [4.78, 5) is 28.3. The van der Waals surface area contributed by atoms with Gasteiger partial charge in [0.05, 0.1) is 16.2 Å². The third kappa shape index (κ3) is 4.58. The molecule has 2 aliphatic rings. The Labute approximate surface area is 160 Å². The first-order valence-corrected chi connectivity index (χ1v) is 10.0. The molecule has 2 fully saturated rings. The van der Waals surface area contributed by atoms with Crippen molar-refractivity contribution in [1.82, 2.24) is 10.2 Å². The molecule has 0 aromatic heterocycles. The zero-order chi connectivity index (χ0) is 19.4. The Bertz CT molecular complexity index is 686. The predicted octanol–water partition coefficient (Wildman–Crippen LogP) is 3.05. The quantitative estimate of drug-likeness (QED) is 0.612. The molecule has 27 heavy (non-hydrogen) atoms. The van der Waals surface area contributed by atoms with Crippen LogP contribution in [0.4, 0.5) is 11.4 Å². The van der Waals surface area contributed by atoms with Crippen LogP contribution in [-0.4, -0.2) is 54.5 Å². The van der Waals surface area contributed by atoms with E-state index in [1.165, 1.54) is 12.1 Å². The summed E-state index contributed by atoms with van der Waals surface area (Å²) in [5, 5.41) is 14.2. The fraction of sp³-hybridized carbons (Fsp3) is 0.650.